The van der Waals surface area contributed by atoms with Crippen LogP contribution in [0.5, 0.6) is 5.75 Å². The van der Waals surface area contributed by atoms with E-state index in [2.05, 4.69) is 0 Å². The minimum Gasteiger partial charge on any atom is -0.496 e. The lowest BCUT2D eigenvalue weighted by molar-refractivity contribution is -0.136. The highest BCUT2D eigenvalue weighted by Crippen LogP contribution is 2.29. The number of aliphatic carboxylic acids is 1. The van der Waals surface area contributed by atoms with Crippen LogP contribution >= 0.6 is 0 Å². The van der Waals surface area contributed by atoms with E-state index in [1.165, 1.54) is 0 Å². The average Bonchev–Trinajstić information content (AvgIpc) is 2.38. The molecule has 0 aliphatic rings. The average molecular weight is 242 g/mol. The second kappa shape index (κ2) is 5.36. The molecule has 18 heavy (non-hydrogen) atoms. The van der Waals surface area contributed by atoms with E-state index in [0.29, 0.717) is 0 Å². The van der Waals surface area contributed by atoms with Gasteiger partial charge in [0.2, 0.25) is 0 Å². The van der Waals surface area contributed by atoms with E-state index in [1.807, 2.05) is 48.5 Å². The van der Waals surface area contributed by atoms with Crippen molar-refractivity contribution in [3.8, 4) is 16.9 Å². The summed E-state index contributed by atoms with van der Waals surface area (Å²) in [7, 11) is 1.62. The van der Waals surface area contributed by atoms with Gasteiger partial charge in [-0.2, -0.15) is 0 Å². The van der Waals surface area contributed by atoms with E-state index >= 15 is 0 Å². The van der Waals surface area contributed by atoms with Gasteiger partial charge in [0.25, 0.3) is 0 Å². The van der Waals surface area contributed by atoms with Crippen molar-refractivity contribution in [2.45, 2.75) is 6.42 Å². The Balaban J connectivity index is 2.41. The fourth-order valence-corrected chi connectivity index (χ4v) is 1.91. The molecule has 0 bridgehead atoms. The molecule has 3 heteroatoms. The maximum absolute atomic E-state index is 10.7. The monoisotopic (exact) mass is 242 g/mol. The van der Waals surface area contributed by atoms with Gasteiger partial charge in [0.1, 0.15) is 5.75 Å². The molecule has 0 amide bonds. The van der Waals surface area contributed by atoms with Crippen molar-refractivity contribution in [3.05, 3.63) is 54.1 Å². The highest BCUT2D eigenvalue weighted by molar-refractivity contribution is 5.74. The van der Waals surface area contributed by atoms with E-state index < -0.39 is 5.97 Å². The molecule has 0 unspecified atom stereocenters. The first-order valence-electron chi connectivity index (χ1n) is 5.65. The van der Waals surface area contributed by atoms with Crippen molar-refractivity contribution in [2.24, 2.45) is 0 Å². The van der Waals surface area contributed by atoms with Crippen molar-refractivity contribution in [3.63, 3.8) is 0 Å². The standard InChI is InChI=1S/C15H14O3/c1-18-14-8-3-2-7-13(14)12-6-4-5-11(9-12)10-15(16)17/h2-9H,10H2,1H3,(H,16,17). The number of carboxylic acid groups (broad SMARTS) is 1. The lowest BCUT2D eigenvalue weighted by Crippen LogP contribution is -1.99. The Morgan fingerprint density at radius 3 is 2.67 bits per heavy atom. The molecule has 0 aliphatic heterocycles. The third-order valence-electron chi connectivity index (χ3n) is 2.70. The maximum Gasteiger partial charge on any atom is 0.307 e. The van der Waals surface area contributed by atoms with Crippen molar-refractivity contribution in [2.75, 3.05) is 7.11 Å². The molecular formula is C15H14O3. The van der Waals surface area contributed by atoms with Crippen LogP contribution < -0.4 is 4.74 Å². The minimum absolute atomic E-state index is 0.0307. The number of ether oxygens (including phenoxy) is 1. The summed E-state index contributed by atoms with van der Waals surface area (Å²) in [6.07, 6.45) is 0.0307. The Kier molecular flexibility index (Phi) is 3.63. The number of carboxylic acids is 1. The van der Waals surface area contributed by atoms with Gasteiger partial charge in [-0.05, 0) is 17.2 Å². The predicted molar refractivity (Wildman–Crippen MR) is 69.8 cm³/mol. The number of para-hydroxylation sites is 1. The van der Waals surface area contributed by atoms with Crippen LogP contribution in [0.15, 0.2) is 48.5 Å². The molecule has 2 rings (SSSR count). The second-order valence-electron chi connectivity index (χ2n) is 3.97. The lowest BCUT2D eigenvalue weighted by atomic mass is 10.0. The summed E-state index contributed by atoms with van der Waals surface area (Å²) >= 11 is 0. The van der Waals surface area contributed by atoms with Gasteiger partial charge in [0, 0.05) is 5.56 Å². The molecule has 92 valence electrons. The molecule has 0 aromatic heterocycles. The van der Waals surface area contributed by atoms with Crippen LogP contribution in [0.4, 0.5) is 0 Å². The number of hydrogen-bond donors (Lipinski definition) is 1. The number of benzene rings is 2. The third-order valence-corrected chi connectivity index (χ3v) is 2.70. The first-order valence-corrected chi connectivity index (χ1v) is 5.65. The Morgan fingerprint density at radius 1 is 1.17 bits per heavy atom. The third kappa shape index (κ3) is 2.69. The molecule has 2 aromatic rings. The summed E-state index contributed by atoms with van der Waals surface area (Å²) in [6.45, 7) is 0. The van der Waals surface area contributed by atoms with Gasteiger partial charge >= 0.3 is 5.97 Å². The molecule has 0 saturated carbocycles. The predicted octanol–water partition coefficient (Wildman–Crippen LogP) is 2.99. The minimum atomic E-state index is -0.827. The Labute approximate surface area is 106 Å². The van der Waals surface area contributed by atoms with Crippen molar-refractivity contribution >= 4 is 5.97 Å². The summed E-state index contributed by atoms with van der Waals surface area (Å²) in [4.78, 5) is 10.7. The smallest absolute Gasteiger partial charge is 0.307 e. The number of carbonyl (C=O) groups is 1. The summed E-state index contributed by atoms with van der Waals surface area (Å²) in [5.41, 5.74) is 2.71. The SMILES string of the molecule is COc1ccccc1-c1cccc(CC(=O)O)c1. The molecule has 0 atom stereocenters. The van der Waals surface area contributed by atoms with E-state index in [0.717, 1.165) is 22.4 Å². The van der Waals surface area contributed by atoms with Crippen molar-refractivity contribution in [1.29, 1.82) is 0 Å². The first-order chi connectivity index (χ1) is 8.70. The summed E-state index contributed by atoms with van der Waals surface area (Å²) in [6, 6.07) is 15.2. The second-order valence-corrected chi connectivity index (χ2v) is 3.97. The van der Waals surface area contributed by atoms with Crippen LogP contribution in [-0.4, -0.2) is 18.2 Å². The van der Waals surface area contributed by atoms with Crippen LogP contribution in [0.1, 0.15) is 5.56 Å². The van der Waals surface area contributed by atoms with E-state index in [9.17, 15) is 4.79 Å². The molecule has 0 fully saturated rings. The fraction of sp³-hybridized carbons (Fsp3) is 0.133. The lowest BCUT2D eigenvalue weighted by Gasteiger charge is -2.09. The molecule has 3 nitrogen and oxygen atoms in total. The number of methoxy groups -OCH3 is 1. The zero-order chi connectivity index (χ0) is 13.0. The highest BCUT2D eigenvalue weighted by Gasteiger charge is 2.06. The molecule has 0 spiro atoms. The van der Waals surface area contributed by atoms with Gasteiger partial charge in [0.05, 0.1) is 13.5 Å². The quantitative estimate of drug-likeness (QED) is 0.896. The summed E-state index contributed by atoms with van der Waals surface area (Å²) < 4.78 is 5.30. The highest BCUT2D eigenvalue weighted by atomic mass is 16.5. The van der Waals surface area contributed by atoms with Gasteiger partial charge in [-0.1, -0.05) is 42.5 Å². The van der Waals surface area contributed by atoms with E-state index in [4.69, 9.17) is 9.84 Å². The Bertz CT molecular complexity index is 561. The van der Waals surface area contributed by atoms with Crippen LogP contribution in [0.2, 0.25) is 0 Å². The molecular weight excluding hydrogens is 228 g/mol. The fourth-order valence-electron chi connectivity index (χ4n) is 1.91. The normalized spacial score (nSPS) is 10.1. The Hall–Kier alpha value is -2.29. The van der Waals surface area contributed by atoms with Gasteiger partial charge < -0.3 is 9.84 Å². The van der Waals surface area contributed by atoms with E-state index in [-0.39, 0.29) is 6.42 Å². The van der Waals surface area contributed by atoms with Crippen molar-refractivity contribution in [1.82, 2.24) is 0 Å². The van der Waals surface area contributed by atoms with Gasteiger partial charge in [-0.3, -0.25) is 4.79 Å². The Morgan fingerprint density at radius 2 is 1.94 bits per heavy atom. The van der Waals surface area contributed by atoms with Crippen LogP contribution in [0.3, 0.4) is 0 Å². The first kappa shape index (κ1) is 12.2. The molecule has 1 N–H and O–H groups in total. The molecule has 2 aromatic carbocycles. The van der Waals surface area contributed by atoms with Crippen LogP contribution in [-0.2, 0) is 11.2 Å². The zero-order valence-electron chi connectivity index (χ0n) is 10.1. The van der Waals surface area contributed by atoms with Crippen LogP contribution in [0, 0.1) is 0 Å². The number of rotatable bonds is 4. The zero-order valence-corrected chi connectivity index (χ0v) is 10.1. The maximum atomic E-state index is 10.7. The van der Waals surface area contributed by atoms with E-state index in [1.54, 1.807) is 7.11 Å². The molecule has 0 saturated heterocycles. The van der Waals surface area contributed by atoms with Gasteiger partial charge in [-0.25, -0.2) is 0 Å². The topological polar surface area (TPSA) is 46.5 Å². The van der Waals surface area contributed by atoms with Gasteiger partial charge in [-0.15, -0.1) is 0 Å². The summed E-state index contributed by atoms with van der Waals surface area (Å²) in [5.74, 6) is -0.0443. The molecule has 0 heterocycles. The molecule has 0 aliphatic carbocycles. The van der Waals surface area contributed by atoms with Crippen molar-refractivity contribution < 1.29 is 14.6 Å². The number of hydrogen-bond acceptors (Lipinski definition) is 2. The van der Waals surface area contributed by atoms with Crippen LogP contribution in [0.25, 0.3) is 11.1 Å². The van der Waals surface area contributed by atoms with Gasteiger partial charge in [0.15, 0.2) is 0 Å². The summed E-state index contributed by atoms with van der Waals surface area (Å²) in [5, 5.41) is 8.80. The largest absolute Gasteiger partial charge is 0.496 e. The molecule has 0 radical (unpaired) electrons.